The summed E-state index contributed by atoms with van der Waals surface area (Å²) in [6, 6.07) is 7.20. The van der Waals surface area contributed by atoms with Crippen molar-refractivity contribution in [1.29, 1.82) is 0 Å². The van der Waals surface area contributed by atoms with Gasteiger partial charge in [-0.25, -0.2) is 14.7 Å². The van der Waals surface area contributed by atoms with Crippen LogP contribution in [0, 0.1) is 0 Å². The third-order valence-corrected chi connectivity index (χ3v) is 6.02. The lowest BCUT2D eigenvalue weighted by molar-refractivity contribution is -0.144. The summed E-state index contributed by atoms with van der Waals surface area (Å²) < 4.78 is 1.13. The number of benzene rings is 1. The number of fused-ring (bicyclic) bond motifs is 1. The average molecular weight is 372 g/mol. The smallest absolute Gasteiger partial charge is 0.276 e. The number of aromatic nitrogens is 1. The van der Waals surface area contributed by atoms with Crippen molar-refractivity contribution in [3.63, 3.8) is 0 Å². The van der Waals surface area contributed by atoms with E-state index in [4.69, 9.17) is 4.98 Å². The van der Waals surface area contributed by atoms with E-state index in [-0.39, 0.29) is 18.8 Å². The van der Waals surface area contributed by atoms with Gasteiger partial charge in [-0.1, -0.05) is 12.1 Å². The van der Waals surface area contributed by atoms with Crippen molar-refractivity contribution in [2.24, 2.45) is 0 Å². The zero-order valence-electron chi connectivity index (χ0n) is 14.7. The molecule has 2 aliphatic rings. The number of hydrogen-bond acceptors (Lipinski definition) is 6. The molecule has 0 bridgehead atoms. The second-order valence-corrected chi connectivity index (χ2v) is 7.98. The number of nitrogens with zero attached hydrogens (tertiary/aromatic N) is 4. The van der Waals surface area contributed by atoms with Crippen molar-refractivity contribution in [1.82, 2.24) is 19.7 Å². The van der Waals surface area contributed by atoms with Gasteiger partial charge in [0.1, 0.15) is 5.01 Å². The van der Waals surface area contributed by atoms with E-state index in [0.29, 0.717) is 0 Å². The van der Waals surface area contributed by atoms with Gasteiger partial charge < -0.3 is 0 Å². The third-order valence-electron chi connectivity index (χ3n) is 4.88. The molecule has 0 spiro atoms. The third kappa shape index (κ3) is 2.69. The second-order valence-electron chi connectivity index (χ2n) is 6.92. The molecule has 26 heavy (non-hydrogen) atoms. The minimum Gasteiger partial charge on any atom is -0.276 e. The van der Waals surface area contributed by atoms with Gasteiger partial charge in [-0.15, -0.1) is 11.3 Å². The standard InChI is InChI=1S/C18H20N4O3S/c1-11(2)22-17(24)16(23)21(18(22)25)10-20-9-5-7-13(20)15-19-12-6-3-4-8-14(12)26-15/h3-4,6,8,11,13H,5,7,9-10H2,1-2H3/t13-/m0/s1. The lowest BCUT2D eigenvalue weighted by Gasteiger charge is -2.27. The van der Waals surface area contributed by atoms with Crippen molar-refractivity contribution in [2.75, 3.05) is 13.2 Å². The van der Waals surface area contributed by atoms with Gasteiger partial charge in [0, 0.05) is 12.6 Å². The zero-order valence-corrected chi connectivity index (χ0v) is 15.5. The minimum atomic E-state index is -0.737. The number of imide groups is 2. The first-order valence-corrected chi connectivity index (χ1v) is 9.57. The summed E-state index contributed by atoms with van der Waals surface area (Å²) in [4.78, 5) is 45.8. The van der Waals surface area contributed by atoms with E-state index in [1.165, 1.54) is 0 Å². The summed E-state index contributed by atoms with van der Waals surface area (Å²) in [5, 5.41) is 0.995. The van der Waals surface area contributed by atoms with Crippen molar-refractivity contribution in [3.05, 3.63) is 29.3 Å². The van der Waals surface area contributed by atoms with E-state index < -0.39 is 17.8 Å². The number of rotatable bonds is 4. The van der Waals surface area contributed by atoms with Crippen LogP contribution in [0.3, 0.4) is 0 Å². The summed E-state index contributed by atoms with van der Waals surface area (Å²) >= 11 is 1.65. The summed E-state index contributed by atoms with van der Waals surface area (Å²) in [5.74, 6) is -1.47. The molecule has 4 rings (SSSR count). The maximum atomic E-state index is 12.5. The van der Waals surface area contributed by atoms with Crippen LogP contribution in [0.4, 0.5) is 4.79 Å². The van der Waals surface area contributed by atoms with E-state index in [9.17, 15) is 14.4 Å². The van der Waals surface area contributed by atoms with Crippen LogP contribution in [-0.2, 0) is 9.59 Å². The number of likely N-dealkylation sites (tertiary alicyclic amines) is 1. The van der Waals surface area contributed by atoms with Gasteiger partial charge in [-0.05, 0) is 38.8 Å². The Hall–Kier alpha value is -2.32. The molecule has 3 heterocycles. The Morgan fingerprint density at radius 1 is 1.19 bits per heavy atom. The van der Waals surface area contributed by atoms with E-state index >= 15 is 0 Å². The average Bonchev–Trinajstić information content (AvgIpc) is 3.28. The van der Waals surface area contributed by atoms with Gasteiger partial charge in [0.15, 0.2) is 0 Å². The lowest BCUT2D eigenvalue weighted by atomic mass is 10.2. The van der Waals surface area contributed by atoms with E-state index in [1.54, 1.807) is 25.2 Å². The summed E-state index contributed by atoms with van der Waals surface area (Å²) in [7, 11) is 0. The van der Waals surface area contributed by atoms with Gasteiger partial charge >= 0.3 is 17.8 Å². The highest BCUT2D eigenvalue weighted by Crippen LogP contribution is 2.36. The van der Waals surface area contributed by atoms with Crippen LogP contribution in [0.5, 0.6) is 0 Å². The number of amides is 4. The maximum Gasteiger partial charge on any atom is 0.335 e. The van der Waals surface area contributed by atoms with Crippen LogP contribution in [0.25, 0.3) is 10.2 Å². The van der Waals surface area contributed by atoms with Crippen molar-refractivity contribution in [3.8, 4) is 0 Å². The fourth-order valence-electron chi connectivity index (χ4n) is 3.59. The highest BCUT2D eigenvalue weighted by Gasteiger charge is 2.47. The lowest BCUT2D eigenvalue weighted by Crippen LogP contribution is -2.43. The molecule has 0 aliphatic carbocycles. The molecule has 1 aromatic heterocycles. The molecule has 7 nitrogen and oxygen atoms in total. The van der Waals surface area contributed by atoms with Gasteiger partial charge in [0.25, 0.3) is 0 Å². The topological polar surface area (TPSA) is 73.8 Å². The molecule has 0 unspecified atom stereocenters. The molecule has 0 radical (unpaired) electrons. The zero-order chi connectivity index (χ0) is 18.4. The Balaban J connectivity index is 1.57. The first-order valence-electron chi connectivity index (χ1n) is 8.76. The first kappa shape index (κ1) is 17.1. The van der Waals surface area contributed by atoms with Crippen molar-refractivity contribution >= 4 is 39.4 Å². The molecule has 8 heteroatoms. The Morgan fingerprint density at radius 2 is 1.96 bits per heavy atom. The summed E-state index contributed by atoms with van der Waals surface area (Å²) in [6.07, 6.45) is 1.90. The molecule has 1 atom stereocenters. The van der Waals surface area contributed by atoms with E-state index in [1.807, 2.05) is 24.3 Å². The number of urea groups is 1. The van der Waals surface area contributed by atoms with Crippen molar-refractivity contribution < 1.29 is 14.4 Å². The largest absolute Gasteiger partial charge is 0.335 e. The van der Waals surface area contributed by atoms with Gasteiger partial charge in [-0.3, -0.25) is 19.4 Å². The van der Waals surface area contributed by atoms with Gasteiger partial charge in [0.2, 0.25) is 0 Å². The fraction of sp³-hybridized carbons (Fsp3) is 0.444. The second kappa shape index (κ2) is 6.44. The van der Waals surface area contributed by atoms with Crippen LogP contribution in [0.1, 0.15) is 37.7 Å². The van der Waals surface area contributed by atoms with Gasteiger partial charge in [-0.2, -0.15) is 0 Å². The van der Waals surface area contributed by atoms with E-state index in [2.05, 4.69) is 4.90 Å². The molecule has 1 aromatic carbocycles. The number of carbonyl (C=O) groups excluding carboxylic acids is 3. The number of carbonyl (C=O) groups is 3. The monoisotopic (exact) mass is 372 g/mol. The van der Waals surface area contributed by atoms with Crippen LogP contribution >= 0.6 is 11.3 Å². The molecule has 2 saturated heterocycles. The van der Waals surface area contributed by atoms with Crippen LogP contribution < -0.4 is 0 Å². The normalized spacial score (nSPS) is 21.8. The van der Waals surface area contributed by atoms with Crippen LogP contribution in [-0.4, -0.2) is 56.8 Å². The SMILES string of the molecule is CC(C)N1C(=O)C(=O)N(CN2CCC[C@H]2c2nc3ccccc3s2)C1=O. The van der Waals surface area contributed by atoms with Gasteiger partial charge in [0.05, 0.1) is 22.9 Å². The van der Waals surface area contributed by atoms with Crippen LogP contribution in [0.15, 0.2) is 24.3 Å². The Morgan fingerprint density at radius 3 is 2.65 bits per heavy atom. The van der Waals surface area contributed by atoms with Crippen LogP contribution in [0.2, 0.25) is 0 Å². The fourth-order valence-corrected chi connectivity index (χ4v) is 4.73. The Bertz CT molecular complexity index is 860. The Kier molecular flexibility index (Phi) is 4.24. The minimum absolute atomic E-state index is 0.0659. The molecule has 2 aliphatic heterocycles. The van der Waals surface area contributed by atoms with E-state index in [0.717, 1.165) is 44.4 Å². The summed E-state index contributed by atoms with van der Waals surface area (Å²) in [6.45, 7) is 4.36. The van der Waals surface area contributed by atoms with Crippen molar-refractivity contribution in [2.45, 2.75) is 38.8 Å². The molecule has 2 aromatic rings. The predicted molar refractivity (Wildman–Crippen MR) is 97.4 cm³/mol. The number of hydrogen-bond donors (Lipinski definition) is 0. The number of thiazole rings is 1. The Labute approximate surface area is 155 Å². The molecular weight excluding hydrogens is 352 g/mol. The maximum absolute atomic E-state index is 12.5. The first-order chi connectivity index (χ1) is 12.5. The highest BCUT2D eigenvalue weighted by molar-refractivity contribution is 7.18. The molecule has 136 valence electrons. The number of para-hydroxylation sites is 1. The quantitative estimate of drug-likeness (QED) is 0.609. The molecular formula is C18H20N4O3S. The molecule has 2 fully saturated rings. The molecule has 0 N–H and O–H groups in total. The predicted octanol–water partition coefficient (Wildman–Crippen LogP) is 2.59. The molecule has 0 saturated carbocycles. The summed E-state index contributed by atoms with van der Waals surface area (Å²) in [5.41, 5.74) is 0.967. The highest BCUT2D eigenvalue weighted by atomic mass is 32.1. The molecule has 4 amide bonds.